The molecule has 0 bridgehead atoms. The van der Waals surface area contributed by atoms with Gasteiger partial charge >= 0.3 is 5.69 Å². The maximum absolute atomic E-state index is 12.4. The number of nitrogens with zero attached hydrogens (tertiary/aromatic N) is 6. The van der Waals surface area contributed by atoms with Gasteiger partial charge in [0, 0.05) is 11.8 Å². The van der Waals surface area contributed by atoms with Crippen LogP contribution in [0.3, 0.4) is 0 Å². The van der Waals surface area contributed by atoms with Crippen molar-refractivity contribution in [2.75, 3.05) is 7.11 Å². The van der Waals surface area contributed by atoms with Gasteiger partial charge in [-0.05, 0) is 48.9 Å². The minimum absolute atomic E-state index is 0.186. The first kappa shape index (κ1) is 20.9. The highest BCUT2D eigenvalue weighted by atomic mass is 16.5. The van der Waals surface area contributed by atoms with Gasteiger partial charge in [0.05, 0.1) is 24.4 Å². The highest BCUT2D eigenvalue weighted by Gasteiger charge is 2.19. The molecule has 0 radical (unpaired) electrons. The van der Waals surface area contributed by atoms with Crippen molar-refractivity contribution in [3.8, 4) is 34.5 Å². The molecule has 32 heavy (non-hydrogen) atoms. The average molecular weight is 432 g/mol. The van der Waals surface area contributed by atoms with Crippen molar-refractivity contribution in [3.05, 3.63) is 70.3 Å². The van der Waals surface area contributed by atoms with Gasteiger partial charge in [0.2, 0.25) is 0 Å². The van der Waals surface area contributed by atoms with E-state index in [1.807, 2.05) is 37.3 Å². The first-order valence-corrected chi connectivity index (χ1v) is 9.86. The number of nitriles is 1. The fourth-order valence-corrected chi connectivity index (χ4v) is 3.40. The largest absolute Gasteiger partial charge is 0.496 e. The molecule has 2 aromatic carbocycles. The predicted octanol–water partition coefficient (Wildman–Crippen LogP) is 1.67. The van der Waals surface area contributed by atoms with Gasteiger partial charge in [-0.15, -0.1) is 0 Å². The van der Waals surface area contributed by atoms with Crippen LogP contribution in [0.25, 0.3) is 16.9 Å². The number of tetrazole rings is 1. The van der Waals surface area contributed by atoms with Gasteiger partial charge in [0.1, 0.15) is 42.6 Å². The van der Waals surface area contributed by atoms with E-state index >= 15 is 0 Å². The molecule has 10 heteroatoms. The molecule has 0 saturated heterocycles. The molecule has 2 aromatic heterocycles. The van der Waals surface area contributed by atoms with E-state index in [1.54, 1.807) is 37.2 Å². The van der Waals surface area contributed by atoms with Crippen molar-refractivity contribution in [1.82, 2.24) is 24.4 Å². The highest BCUT2D eigenvalue weighted by molar-refractivity contribution is 5.61. The Morgan fingerprint density at radius 1 is 1.19 bits per heavy atom. The molecule has 0 atom stereocenters. The molecule has 0 saturated carbocycles. The quantitative estimate of drug-likeness (QED) is 0.439. The fourth-order valence-electron chi connectivity index (χ4n) is 3.40. The predicted molar refractivity (Wildman–Crippen MR) is 114 cm³/mol. The van der Waals surface area contributed by atoms with Crippen LogP contribution in [0.1, 0.15) is 11.1 Å². The summed E-state index contributed by atoms with van der Waals surface area (Å²) in [5.74, 6) is 1.30. The number of H-pyrrole nitrogens is 1. The lowest BCUT2D eigenvalue weighted by Gasteiger charge is -2.15. The molecule has 1 N–H and O–H groups in total. The second-order valence-electron chi connectivity index (χ2n) is 7.13. The lowest BCUT2D eigenvalue weighted by Crippen LogP contribution is -2.29. The van der Waals surface area contributed by atoms with Crippen molar-refractivity contribution in [1.29, 1.82) is 5.26 Å². The number of aromatic amines is 1. The second kappa shape index (κ2) is 8.77. The molecule has 0 aliphatic rings. The zero-order valence-corrected chi connectivity index (χ0v) is 17.9. The number of rotatable bonds is 7. The zero-order valence-electron chi connectivity index (χ0n) is 17.9. The van der Waals surface area contributed by atoms with Crippen molar-refractivity contribution in [2.45, 2.75) is 20.1 Å². The molecular weight excluding hydrogens is 410 g/mol. The van der Waals surface area contributed by atoms with Crippen LogP contribution in [-0.4, -0.2) is 31.5 Å². The lowest BCUT2D eigenvalue weighted by molar-refractivity contribution is -0.546. The van der Waals surface area contributed by atoms with Crippen molar-refractivity contribution in [3.63, 3.8) is 0 Å². The highest BCUT2D eigenvalue weighted by Crippen LogP contribution is 2.29. The van der Waals surface area contributed by atoms with Gasteiger partial charge in [-0.3, -0.25) is 4.68 Å². The number of aromatic nitrogens is 6. The summed E-state index contributed by atoms with van der Waals surface area (Å²) in [5, 5.41) is 19.8. The van der Waals surface area contributed by atoms with E-state index in [0.29, 0.717) is 22.7 Å². The molecular formula is C22H22N7O3+. The molecule has 2 heterocycles. The zero-order chi connectivity index (χ0) is 22.7. The molecule has 4 rings (SSSR count). The Morgan fingerprint density at radius 2 is 2.03 bits per heavy atom. The summed E-state index contributed by atoms with van der Waals surface area (Å²) in [6.45, 7) is 2.35. The van der Waals surface area contributed by atoms with Gasteiger partial charge in [-0.25, -0.2) is 4.79 Å². The monoisotopic (exact) mass is 432 g/mol. The SMILES string of the molecule is COc1cccc(-n2[nH+]nn(C)c2=O)c1COc1ccc(-c2ccn(CC#N)n2)cc1C. The molecule has 10 nitrogen and oxygen atoms in total. The van der Waals surface area contributed by atoms with Gasteiger partial charge in [-0.1, -0.05) is 20.6 Å². The summed E-state index contributed by atoms with van der Waals surface area (Å²) in [6.07, 6.45) is 1.78. The van der Waals surface area contributed by atoms with Gasteiger partial charge in [0.15, 0.2) is 0 Å². The number of nitrogens with one attached hydrogen (secondary N) is 1. The number of aryl methyl sites for hydroxylation is 2. The molecule has 0 unspecified atom stereocenters. The molecule has 4 aromatic rings. The van der Waals surface area contributed by atoms with E-state index in [1.165, 1.54) is 9.36 Å². The Balaban J connectivity index is 1.60. The maximum Gasteiger partial charge on any atom is 0.473 e. The van der Waals surface area contributed by atoms with Crippen LogP contribution < -0.4 is 20.4 Å². The number of benzene rings is 2. The second-order valence-corrected chi connectivity index (χ2v) is 7.13. The van der Waals surface area contributed by atoms with Crippen molar-refractivity contribution in [2.24, 2.45) is 7.05 Å². The Morgan fingerprint density at radius 3 is 2.72 bits per heavy atom. The van der Waals surface area contributed by atoms with Crippen LogP contribution in [0.4, 0.5) is 0 Å². The fraction of sp³-hybridized carbons (Fsp3) is 0.227. The Labute approximate surface area is 183 Å². The van der Waals surface area contributed by atoms with E-state index in [2.05, 4.69) is 21.6 Å². The summed E-state index contributed by atoms with van der Waals surface area (Å²) in [7, 11) is 3.14. The van der Waals surface area contributed by atoms with E-state index in [0.717, 1.165) is 16.8 Å². The third-order valence-electron chi connectivity index (χ3n) is 5.05. The van der Waals surface area contributed by atoms with Crippen molar-refractivity contribution >= 4 is 0 Å². The standard InChI is InChI=1S/C22H21N7O3/c1-15-13-16(18-9-11-28(24-18)12-10-23)7-8-20(15)32-14-17-19(5-4-6-21(17)31-3)29-22(30)27(2)25-26-29/h4-9,11,13H,12,14H2,1-3H3/p+1. The first-order valence-electron chi connectivity index (χ1n) is 9.86. The minimum Gasteiger partial charge on any atom is -0.496 e. The summed E-state index contributed by atoms with van der Waals surface area (Å²) in [4.78, 5) is 12.4. The van der Waals surface area contributed by atoms with Crippen LogP contribution in [0.2, 0.25) is 0 Å². The van der Waals surface area contributed by atoms with Gasteiger partial charge < -0.3 is 9.47 Å². The third kappa shape index (κ3) is 3.96. The topological polar surface area (TPSA) is 114 Å². The van der Waals surface area contributed by atoms with E-state index in [4.69, 9.17) is 14.7 Å². The third-order valence-corrected chi connectivity index (χ3v) is 5.05. The summed E-state index contributed by atoms with van der Waals surface area (Å²) in [5.41, 5.74) is 3.64. The normalized spacial score (nSPS) is 10.7. The van der Waals surface area contributed by atoms with Crippen LogP contribution in [0, 0.1) is 18.3 Å². The Kier molecular flexibility index (Phi) is 5.72. The van der Waals surface area contributed by atoms with Crippen molar-refractivity contribution < 1.29 is 14.7 Å². The van der Waals surface area contributed by atoms with Crippen LogP contribution >= 0.6 is 0 Å². The smallest absolute Gasteiger partial charge is 0.473 e. The van der Waals surface area contributed by atoms with E-state index < -0.39 is 0 Å². The molecule has 0 aliphatic heterocycles. The Bertz CT molecular complexity index is 1360. The number of hydrogen-bond donors (Lipinski definition) is 0. The van der Waals surface area contributed by atoms with Crippen LogP contribution in [-0.2, 0) is 20.2 Å². The average Bonchev–Trinajstić information content (AvgIpc) is 3.40. The minimum atomic E-state index is -0.309. The van der Waals surface area contributed by atoms with Crippen LogP contribution in [0.15, 0.2) is 53.5 Å². The maximum atomic E-state index is 12.4. The number of ether oxygens (including phenoxy) is 2. The van der Waals surface area contributed by atoms with Gasteiger partial charge in [0.25, 0.3) is 0 Å². The summed E-state index contributed by atoms with van der Waals surface area (Å²) in [6, 6.07) is 15.1. The first-order chi connectivity index (χ1) is 15.5. The molecule has 0 fully saturated rings. The summed E-state index contributed by atoms with van der Waals surface area (Å²) >= 11 is 0. The molecule has 0 amide bonds. The van der Waals surface area contributed by atoms with Crippen LogP contribution in [0.5, 0.6) is 11.5 Å². The Hall–Kier alpha value is -4.39. The summed E-state index contributed by atoms with van der Waals surface area (Å²) < 4.78 is 15.8. The molecule has 0 spiro atoms. The van der Waals surface area contributed by atoms with E-state index in [9.17, 15) is 4.79 Å². The van der Waals surface area contributed by atoms with Gasteiger partial charge in [-0.2, -0.15) is 10.4 Å². The van der Waals surface area contributed by atoms with E-state index in [-0.39, 0.29) is 18.8 Å². The molecule has 0 aliphatic carbocycles. The number of methoxy groups -OCH3 is 1. The number of hydrogen-bond acceptors (Lipinski definition) is 6. The molecule has 162 valence electrons. The lowest BCUT2D eigenvalue weighted by atomic mass is 10.1.